The van der Waals surface area contributed by atoms with Crippen molar-refractivity contribution in [1.29, 1.82) is 0 Å². The number of ether oxygens (including phenoxy) is 4. The first-order valence-corrected chi connectivity index (χ1v) is 10.3. The van der Waals surface area contributed by atoms with Crippen molar-refractivity contribution in [3.05, 3.63) is 70.8 Å². The van der Waals surface area contributed by atoms with Gasteiger partial charge in [0.15, 0.2) is 5.79 Å². The van der Waals surface area contributed by atoms with Crippen LogP contribution in [0, 0.1) is 23.3 Å². The van der Waals surface area contributed by atoms with Crippen LogP contribution in [0.15, 0.2) is 36.4 Å². The molecule has 182 valence electrons. The van der Waals surface area contributed by atoms with Crippen molar-refractivity contribution in [3.8, 4) is 0 Å². The van der Waals surface area contributed by atoms with Gasteiger partial charge in [-0.15, -0.1) is 0 Å². The summed E-state index contributed by atoms with van der Waals surface area (Å²) in [7, 11) is 0. The summed E-state index contributed by atoms with van der Waals surface area (Å²) < 4.78 is 75.5. The lowest BCUT2D eigenvalue weighted by Crippen LogP contribution is -2.45. The van der Waals surface area contributed by atoms with Crippen LogP contribution in [0.2, 0.25) is 0 Å². The van der Waals surface area contributed by atoms with E-state index < -0.39 is 53.5 Å². The van der Waals surface area contributed by atoms with Gasteiger partial charge in [-0.3, -0.25) is 0 Å². The number of rotatable bonds is 10. The number of halogens is 4. The summed E-state index contributed by atoms with van der Waals surface area (Å²) in [5.41, 5.74) is 0.232. The van der Waals surface area contributed by atoms with Crippen molar-refractivity contribution in [1.82, 2.24) is 0 Å². The summed E-state index contributed by atoms with van der Waals surface area (Å²) >= 11 is 0. The van der Waals surface area contributed by atoms with Gasteiger partial charge in [-0.2, -0.15) is 0 Å². The molecule has 1 heterocycles. The SMILES string of the molecule is CC1(C)O[C@H]([C@H](O)COCc2ccc(F)cc2F)[C@@H]([C@H](O)COCc2ccc(F)cc2F)O1. The maximum Gasteiger partial charge on any atom is 0.164 e. The van der Waals surface area contributed by atoms with Gasteiger partial charge in [-0.1, -0.05) is 12.1 Å². The second kappa shape index (κ2) is 10.9. The lowest BCUT2D eigenvalue weighted by molar-refractivity contribution is -0.165. The predicted molar refractivity (Wildman–Crippen MR) is 108 cm³/mol. The summed E-state index contributed by atoms with van der Waals surface area (Å²) in [5, 5.41) is 21.1. The number of aliphatic hydroxyl groups is 2. The molecular weight excluding hydrogens is 448 g/mol. The fourth-order valence-corrected chi connectivity index (χ4v) is 3.46. The Morgan fingerprint density at radius 2 is 1.18 bits per heavy atom. The minimum atomic E-state index is -1.25. The monoisotopic (exact) mass is 474 g/mol. The zero-order valence-corrected chi connectivity index (χ0v) is 18.1. The van der Waals surface area contributed by atoms with Crippen LogP contribution in [0.1, 0.15) is 25.0 Å². The van der Waals surface area contributed by atoms with Gasteiger partial charge < -0.3 is 29.2 Å². The molecule has 4 atom stereocenters. The summed E-state index contributed by atoms with van der Waals surface area (Å²) in [4.78, 5) is 0. The first-order chi connectivity index (χ1) is 15.6. The third kappa shape index (κ3) is 6.95. The third-order valence-corrected chi connectivity index (χ3v) is 5.04. The van der Waals surface area contributed by atoms with Crippen LogP contribution in [0.3, 0.4) is 0 Å². The minimum Gasteiger partial charge on any atom is -0.388 e. The van der Waals surface area contributed by atoms with Gasteiger partial charge in [-0.05, 0) is 26.0 Å². The van der Waals surface area contributed by atoms with E-state index in [1.165, 1.54) is 12.1 Å². The topological polar surface area (TPSA) is 77.4 Å². The van der Waals surface area contributed by atoms with Gasteiger partial charge in [0.25, 0.3) is 0 Å². The number of aliphatic hydroxyl groups excluding tert-OH is 2. The lowest BCUT2D eigenvalue weighted by Gasteiger charge is -2.25. The molecule has 0 aromatic heterocycles. The Kier molecular flexibility index (Phi) is 8.43. The molecule has 0 spiro atoms. The molecule has 6 nitrogen and oxygen atoms in total. The van der Waals surface area contributed by atoms with E-state index in [0.29, 0.717) is 0 Å². The molecule has 33 heavy (non-hydrogen) atoms. The van der Waals surface area contributed by atoms with Gasteiger partial charge in [0.2, 0.25) is 0 Å². The quantitative estimate of drug-likeness (QED) is 0.515. The van der Waals surface area contributed by atoms with Crippen molar-refractivity contribution < 1.29 is 46.7 Å². The van der Waals surface area contributed by atoms with Crippen molar-refractivity contribution in [2.75, 3.05) is 13.2 Å². The maximum absolute atomic E-state index is 13.7. The molecule has 0 saturated carbocycles. The second-order valence-corrected chi connectivity index (χ2v) is 8.20. The van der Waals surface area contributed by atoms with Gasteiger partial charge in [0.1, 0.15) is 47.7 Å². The van der Waals surface area contributed by atoms with Crippen LogP contribution >= 0.6 is 0 Å². The Morgan fingerprint density at radius 1 is 0.788 bits per heavy atom. The van der Waals surface area contributed by atoms with E-state index >= 15 is 0 Å². The molecular formula is C23H26F4O6. The van der Waals surface area contributed by atoms with E-state index in [2.05, 4.69) is 0 Å². The first kappa shape index (κ1) is 25.5. The molecule has 2 N–H and O–H groups in total. The molecule has 0 bridgehead atoms. The van der Waals surface area contributed by atoms with Crippen LogP contribution in [-0.4, -0.2) is 53.6 Å². The van der Waals surface area contributed by atoms with Crippen molar-refractivity contribution in [2.24, 2.45) is 0 Å². The van der Waals surface area contributed by atoms with E-state index in [0.717, 1.165) is 24.3 Å². The molecule has 0 amide bonds. The average Bonchev–Trinajstić information content (AvgIpc) is 3.07. The zero-order chi connectivity index (χ0) is 24.2. The maximum atomic E-state index is 13.7. The highest BCUT2D eigenvalue weighted by Crippen LogP contribution is 2.32. The number of benzene rings is 2. The van der Waals surface area contributed by atoms with E-state index in [4.69, 9.17) is 18.9 Å². The van der Waals surface area contributed by atoms with Crippen LogP contribution in [0.5, 0.6) is 0 Å². The summed E-state index contributed by atoms with van der Waals surface area (Å²) in [5.74, 6) is -4.08. The van der Waals surface area contributed by atoms with Gasteiger partial charge in [-0.25, -0.2) is 17.6 Å². The number of hydrogen-bond donors (Lipinski definition) is 2. The predicted octanol–water partition coefficient (Wildman–Crippen LogP) is 3.22. The molecule has 1 saturated heterocycles. The summed E-state index contributed by atoms with van der Waals surface area (Å²) in [6.45, 7) is 2.24. The Hall–Kier alpha value is -2.08. The highest BCUT2D eigenvalue weighted by molar-refractivity contribution is 5.18. The van der Waals surface area contributed by atoms with Crippen LogP contribution in [0.4, 0.5) is 17.6 Å². The highest BCUT2D eigenvalue weighted by Gasteiger charge is 2.48. The summed E-state index contributed by atoms with van der Waals surface area (Å²) in [6.07, 6.45) is -4.49. The lowest BCUT2D eigenvalue weighted by atomic mass is 10.0. The van der Waals surface area contributed by atoms with Crippen molar-refractivity contribution in [3.63, 3.8) is 0 Å². The molecule has 1 fully saturated rings. The first-order valence-electron chi connectivity index (χ1n) is 10.3. The Bertz CT molecular complexity index is 868. The molecule has 0 radical (unpaired) electrons. The van der Waals surface area contributed by atoms with Gasteiger partial charge in [0.05, 0.1) is 26.4 Å². The molecule has 2 aromatic carbocycles. The second-order valence-electron chi connectivity index (χ2n) is 8.20. The smallest absolute Gasteiger partial charge is 0.164 e. The average molecular weight is 474 g/mol. The van der Waals surface area contributed by atoms with E-state index in [1.54, 1.807) is 13.8 Å². The molecule has 10 heteroatoms. The van der Waals surface area contributed by atoms with Crippen molar-refractivity contribution >= 4 is 0 Å². The zero-order valence-electron chi connectivity index (χ0n) is 18.1. The largest absolute Gasteiger partial charge is 0.388 e. The fraction of sp³-hybridized carbons (Fsp3) is 0.478. The fourth-order valence-electron chi connectivity index (χ4n) is 3.46. The molecule has 0 unspecified atom stereocenters. The molecule has 3 rings (SSSR count). The minimum absolute atomic E-state index is 0.116. The third-order valence-electron chi connectivity index (χ3n) is 5.04. The molecule has 2 aromatic rings. The van der Waals surface area contributed by atoms with Crippen LogP contribution < -0.4 is 0 Å². The van der Waals surface area contributed by atoms with E-state index in [1.807, 2.05) is 0 Å². The normalized spacial score (nSPS) is 21.8. The van der Waals surface area contributed by atoms with Crippen LogP contribution in [0.25, 0.3) is 0 Å². The molecule has 1 aliphatic heterocycles. The Morgan fingerprint density at radius 3 is 1.55 bits per heavy atom. The van der Waals surface area contributed by atoms with Gasteiger partial charge >= 0.3 is 0 Å². The Balaban J connectivity index is 1.53. The van der Waals surface area contributed by atoms with E-state index in [-0.39, 0.29) is 37.6 Å². The molecule has 1 aliphatic rings. The van der Waals surface area contributed by atoms with Crippen LogP contribution in [-0.2, 0) is 32.2 Å². The van der Waals surface area contributed by atoms with E-state index in [9.17, 15) is 27.8 Å². The number of hydrogen-bond acceptors (Lipinski definition) is 6. The highest BCUT2D eigenvalue weighted by atomic mass is 19.1. The van der Waals surface area contributed by atoms with Crippen molar-refractivity contribution in [2.45, 2.75) is 57.3 Å². The Labute approximate surface area is 188 Å². The standard InChI is InChI=1S/C23H26F4O6/c1-23(2)32-21(19(28)11-30-9-13-3-5-15(24)7-17(13)26)22(33-23)20(29)12-31-10-14-4-6-16(25)8-18(14)27/h3-8,19-22,28-29H,9-12H2,1-2H3/t19-,20-,21-,22-/m1/s1. The summed E-state index contributed by atoms with van der Waals surface area (Å²) in [6, 6.07) is 6.13. The molecule has 0 aliphatic carbocycles. The van der Waals surface area contributed by atoms with Gasteiger partial charge in [0, 0.05) is 23.3 Å².